The van der Waals surface area contributed by atoms with E-state index in [0.717, 1.165) is 48.6 Å². The molecule has 1 aliphatic heterocycles. The van der Waals surface area contributed by atoms with Gasteiger partial charge in [0.1, 0.15) is 5.75 Å². The van der Waals surface area contributed by atoms with Crippen LogP contribution in [0.3, 0.4) is 0 Å². The van der Waals surface area contributed by atoms with Gasteiger partial charge in [0, 0.05) is 43.4 Å². The van der Waals surface area contributed by atoms with E-state index in [1.807, 2.05) is 13.1 Å². The number of hydrogen-bond acceptors (Lipinski definition) is 4. The van der Waals surface area contributed by atoms with Gasteiger partial charge in [0.2, 0.25) is 5.91 Å². The van der Waals surface area contributed by atoms with Crippen LogP contribution in [0.5, 0.6) is 5.75 Å². The van der Waals surface area contributed by atoms with E-state index in [2.05, 4.69) is 22.1 Å². The van der Waals surface area contributed by atoms with Crippen molar-refractivity contribution in [3.63, 3.8) is 0 Å². The van der Waals surface area contributed by atoms with E-state index in [9.17, 15) is 4.79 Å². The van der Waals surface area contributed by atoms with E-state index < -0.39 is 0 Å². The maximum Gasteiger partial charge on any atom is 0.216 e. The van der Waals surface area contributed by atoms with Gasteiger partial charge in [-0.25, -0.2) is 0 Å². The lowest BCUT2D eigenvalue weighted by atomic mass is 9.98. The summed E-state index contributed by atoms with van der Waals surface area (Å²) >= 11 is 0. The normalized spacial score (nSPS) is 18.7. The zero-order chi connectivity index (χ0) is 16.8. The lowest BCUT2D eigenvalue weighted by Gasteiger charge is -2.36. The van der Waals surface area contributed by atoms with E-state index in [0.29, 0.717) is 6.04 Å². The van der Waals surface area contributed by atoms with Crippen molar-refractivity contribution in [3.8, 4) is 5.75 Å². The first-order valence-corrected chi connectivity index (χ1v) is 8.50. The van der Waals surface area contributed by atoms with Gasteiger partial charge in [-0.15, -0.1) is 0 Å². The van der Waals surface area contributed by atoms with Crippen LogP contribution in [0.1, 0.15) is 49.4 Å². The number of ether oxygens (including phenoxy) is 1. The molecule has 1 atom stereocenters. The van der Waals surface area contributed by atoms with Crippen LogP contribution in [-0.2, 0) is 11.3 Å². The van der Waals surface area contributed by atoms with Gasteiger partial charge in [0.15, 0.2) is 0 Å². The van der Waals surface area contributed by atoms with E-state index in [1.54, 1.807) is 14.0 Å². The number of piperidine rings is 1. The number of nitrogens with zero attached hydrogens (tertiary/aromatic N) is 2. The Bertz CT molecular complexity index is 545. The van der Waals surface area contributed by atoms with Crippen molar-refractivity contribution >= 4 is 5.91 Å². The Morgan fingerprint density at radius 3 is 2.91 bits per heavy atom. The molecule has 2 rings (SSSR count). The summed E-state index contributed by atoms with van der Waals surface area (Å²) in [5.74, 6) is 0.995. The first-order chi connectivity index (χ1) is 11.0. The minimum absolute atomic E-state index is 0.0492. The molecule has 0 radical (unpaired) electrons. The molecule has 1 aliphatic rings. The Morgan fingerprint density at radius 2 is 2.22 bits per heavy atom. The molecule has 23 heavy (non-hydrogen) atoms. The first-order valence-electron chi connectivity index (χ1n) is 8.50. The lowest BCUT2D eigenvalue weighted by molar-refractivity contribution is -0.119. The highest BCUT2D eigenvalue weighted by Crippen LogP contribution is 2.27. The van der Waals surface area contributed by atoms with Crippen molar-refractivity contribution < 1.29 is 9.53 Å². The van der Waals surface area contributed by atoms with Gasteiger partial charge in [0.05, 0.1) is 12.8 Å². The Labute approximate surface area is 139 Å². The van der Waals surface area contributed by atoms with Crippen molar-refractivity contribution in [2.24, 2.45) is 0 Å². The minimum Gasteiger partial charge on any atom is -0.496 e. The zero-order valence-corrected chi connectivity index (χ0v) is 14.8. The Balaban J connectivity index is 2.05. The van der Waals surface area contributed by atoms with Gasteiger partial charge in [-0.1, -0.05) is 6.42 Å². The number of aryl methyl sites for hydroxylation is 1. The molecular formula is C18H29N3O2. The molecule has 0 spiro atoms. The van der Waals surface area contributed by atoms with Gasteiger partial charge in [-0.3, -0.25) is 14.7 Å². The average molecular weight is 319 g/mol. The molecule has 0 saturated carbocycles. The number of rotatable bonds is 6. The van der Waals surface area contributed by atoms with Crippen LogP contribution in [0.25, 0.3) is 0 Å². The van der Waals surface area contributed by atoms with Crippen LogP contribution in [0, 0.1) is 13.8 Å². The highest BCUT2D eigenvalue weighted by molar-refractivity contribution is 5.72. The number of hydrogen-bond donors (Lipinski definition) is 1. The predicted molar refractivity (Wildman–Crippen MR) is 91.6 cm³/mol. The van der Waals surface area contributed by atoms with Gasteiger partial charge in [-0.05, 0) is 39.7 Å². The van der Waals surface area contributed by atoms with Crippen LogP contribution in [-0.4, -0.2) is 42.0 Å². The average Bonchev–Trinajstić information content (AvgIpc) is 2.52. The van der Waals surface area contributed by atoms with E-state index in [4.69, 9.17) is 4.74 Å². The fourth-order valence-electron chi connectivity index (χ4n) is 3.43. The van der Waals surface area contributed by atoms with Crippen LogP contribution >= 0.6 is 0 Å². The standard InChI is InChI=1S/C18H29N3O2/c1-13-11-20-17(14(2)18(13)23-4)12-21-10-6-5-7-16(21)8-9-19-15(3)22/h11,16H,5-10,12H2,1-4H3,(H,19,22)/t16-/m1/s1. The van der Waals surface area contributed by atoms with Crippen molar-refractivity contribution in [1.82, 2.24) is 15.2 Å². The largest absolute Gasteiger partial charge is 0.496 e. The van der Waals surface area contributed by atoms with Gasteiger partial charge in [-0.2, -0.15) is 0 Å². The molecule has 2 heterocycles. The Hall–Kier alpha value is -1.62. The Morgan fingerprint density at radius 1 is 1.43 bits per heavy atom. The number of carbonyl (C=O) groups is 1. The van der Waals surface area contributed by atoms with Crippen LogP contribution in [0.2, 0.25) is 0 Å². The molecule has 1 N–H and O–H groups in total. The number of aromatic nitrogens is 1. The predicted octanol–water partition coefficient (Wildman–Crippen LogP) is 2.59. The summed E-state index contributed by atoms with van der Waals surface area (Å²) < 4.78 is 5.52. The van der Waals surface area contributed by atoms with Crippen LogP contribution in [0.15, 0.2) is 6.20 Å². The number of likely N-dealkylation sites (tertiary alicyclic amines) is 1. The second-order valence-corrected chi connectivity index (χ2v) is 6.44. The molecular weight excluding hydrogens is 290 g/mol. The molecule has 1 saturated heterocycles. The molecule has 5 nitrogen and oxygen atoms in total. The quantitative estimate of drug-likeness (QED) is 0.875. The summed E-state index contributed by atoms with van der Waals surface area (Å²) in [6.07, 6.45) is 6.60. The number of pyridine rings is 1. The molecule has 0 unspecified atom stereocenters. The molecule has 1 aromatic rings. The van der Waals surface area contributed by atoms with E-state index >= 15 is 0 Å². The molecule has 1 fully saturated rings. The number of carbonyl (C=O) groups excluding carboxylic acids is 1. The molecule has 1 aromatic heterocycles. The fraction of sp³-hybridized carbons (Fsp3) is 0.667. The van der Waals surface area contributed by atoms with E-state index in [-0.39, 0.29) is 5.91 Å². The summed E-state index contributed by atoms with van der Waals surface area (Å²) in [6, 6.07) is 0.518. The third kappa shape index (κ3) is 4.67. The number of nitrogens with one attached hydrogen (secondary N) is 1. The fourth-order valence-corrected chi connectivity index (χ4v) is 3.43. The second kappa shape index (κ2) is 8.29. The highest BCUT2D eigenvalue weighted by atomic mass is 16.5. The summed E-state index contributed by atoms with van der Waals surface area (Å²) in [6.45, 7) is 8.39. The molecule has 5 heteroatoms. The monoisotopic (exact) mass is 319 g/mol. The molecule has 128 valence electrons. The first kappa shape index (κ1) is 17.7. The summed E-state index contributed by atoms with van der Waals surface area (Å²) in [7, 11) is 1.72. The summed E-state index contributed by atoms with van der Waals surface area (Å²) in [4.78, 5) is 18.2. The summed E-state index contributed by atoms with van der Waals surface area (Å²) in [5.41, 5.74) is 3.31. The smallest absolute Gasteiger partial charge is 0.216 e. The van der Waals surface area contributed by atoms with Gasteiger partial charge >= 0.3 is 0 Å². The van der Waals surface area contributed by atoms with Gasteiger partial charge < -0.3 is 10.1 Å². The highest BCUT2D eigenvalue weighted by Gasteiger charge is 2.23. The van der Waals surface area contributed by atoms with Crippen molar-refractivity contribution in [2.75, 3.05) is 20.2 Å². The topological polar surface area (TPSA) is 54.5 Å². The zero-order valence-electron chi connectivity index (χ0n) is 14.8. The third-order valence-corrected chi connectivity index (χ3v) is 4.70. The van der Waals surface area contributed by atoms with Crippen molar-refractivity contribution in [2.45, 2.75) is 59.0 Å². The maximum atomic E-state index is 11.1. The van der Waals surface area contributed by atoms with Crippen molar-refractivity contribution in [1.29, 1.82) is 0 Å². The van der Waals surface area contributed by atoms with E-state index in [1.165, 1.54) is 19.3 Å². The molecule has 0 bridgehead atoms. The second-order valence-electron chi connectivity index (χ2n) is 6.44. The molecule has 0 aliphatic carbocycles. The molecule has 1 amide bonds. The van der Waals surface area contributed by atoms with Gasteiger partial charge in [0.25, 0.3) is 0 Å². The summed E-state index contributed by atoms with van der Waals surface area (Å²) in [5, 5.41) is 2.91. The SMILES string of the molecule is COc1c(C)cnc(CN2CCCC[C@@H]2CCNC(C)=O)c1C. The third-order valence-electron chi connectivity index (χ3n) is 4.70. The number of amides is 1. The lowest BCUT2D eigenvalue weighted by Crippen LogP contribution is -2.41. The van der Waals surface area contributed by atoms with Crippen LogP contribution < -0.4 is 10.1 Å². The Kier molecular flexibility index (Phi) is 6.39. The van der Waals surface area contributed by atoms with Crippen LogP contribution in [0.4, 0.5) is 0 Å². The number of methoxy groups -OCH3 is 1. The van der Waals surface area contributed by atoms with Crippen molar-refractivity contribution in [3.05, 3.63) is 23.0 Å². The minimum atomic E-state index is 0.0492. The maximum absolute atomic E-state index is 11.1. The molecule has 0 aromatic carbocycles.